The van der Waals surface area contributed by atoms with Crippen molar-refractivity contribution in [1.82, 2.24) is 0 Å². The second-order valence-electron chi connectivity index (χ2n) is 2.75. The Kier molecular flexibility index (Phi) is 3.70. The van der Waals surface area contributed by atoms with Crippen LogP contribution in [0, 0.1) is 21.7 Å². The van der Waals surface area contributed by atoms with E-state index in [1.165, 1.54) is 0 Å². The summed E-state index contributed by atoms with van der Waals surface area (Å²) in [6.45, 7) is 0. The molecule has 7 heteroatoms. The van der Waals surface area contributed by atoms with Gasteiger partial charge in [0.2, 0.25) is 0 Å². The van der Waals surface area contributed by atoms with Crippen molar-refractivity contribution in [1.29, 1.82) is 0 Å². The van der Waals surface area contributed by atoms with Gasteiger partial charge in [-0.2, -0.15) is 0 Å². The molecule has 1 unspecified atom stereocenters. The van der Waals surface area contributed by atoms with E-state index in [0.717, 1.165) is 0 Å². The zero-order chi connectivity index (χ0) is 11.6. The monoisotopic (exact) mass is 281 g/mol. The second kappa shape index (κ2) is 4.63. The van der Waals surface area contributed by atoms with Crippen LogP contribution in [0.15, 0.2) is 12.1 Å². The number of alkyl halides is 1. The summed E-state index contributed by atoms with van der Waals surface area (Å²) in [6, 6.07) is 1.08. The Morgan fingerprint density at radius 3 is 2.47 bits per heavy atom. The van der Waals surface area contributed by atoms with Crippen LogP contribution in [-0.2, 0) is 0 Å². The quantitative estimate of drug-likeness (QED) is 0.525. The second-order valence-corrected chi connectivity index (χ2v) is 3.40. The molecule has 1 aromatic rings. The molecule has 0 saturated heterocycles. The first-order valence-corrected chi connectivity index (χ1v) is 4.97. The van der Waals surface area contributed by atoms with Crippen molar-refractivity contribution in [2.45, 2.75) is 6.10 Å². The third-order valence-corrected chi connectivity index (χ3v) is 2.38. The lowest BCUT2D eigenvalue weighted by Crippen LogP contribution is -2.05. The first-order valence-electron chi connectivity index (χ1n) is 3.84. The predicted octanol–water partition coefficient (Wildman–Crippen LogP) is 2.30. The maximum atomic E-state index is 12.8. The highest BCUT2D eigenvalue weighted by Gasteiger charge is 2.23. The maximum absolute atomic E-state index is 12.8. The first kappa shape index (κ1) is 12.0. The minimum Gasteiger partial charge on any atom is -0.387 e. The molecule has 0 bridgehead atoms. The Balaban J connectivity index is 3.34. The average Bonchev–Trinajstić information content (AvgIpc) is 2.20. The molecule has 0 fully saturated rings. The van der Waals surface area contributed by atoms with Crippen LogP contribution in [0.5, 0.6) is 0 Å². The summed E-state index contributed by atoms with van der Waals surface area (Å²) in [7, 11) is 0. The Morgan fingerprint density at radius 1 is 1.47 bits per heavy atom. The van der Waals surface area contributed by atoms with Gasteiger partial charge in [0, 0.05) is 5.33 Å². The first-order chi connectivity index (χ1) is 6.97. The summed E-state index contributed by atoms with van der Waals surface area (Å²) in [5.41, 5.74) is -0.892. The van der Waals surface area contributed by atoms with Crippen molar-refractivity contribution in [2.75, 3.05) is 5.33 Å². The van der Waals surface area contributed by atoms with Crippen LogP contribution in [-0.4, -0.2) is 15.4 Å². The summed E-state index contributed by atoms with van der Waals surface area (Å²) in [5.74, 6) is -2.54. The van der Waals surface area contributed by atoms with E-state index in [0.29, 0.717) is 12.1 Å². The molecule has 0 heterocycles. The summed E-state index contributed by atoms with van der Waals surface area (Å²) < 4.78 is 25.5. The van der Waals surface area contributed by atoms with Gasteiger partial charge in [-0.05, 0) is 6.07 Å². The van der Waals surface area contributed by atoms with Gasteiger partial charge in [-0.15, -0.1) is 0 Å². The van der Waals surface area contributed by atoms with Gasteiger partial charge in [-0.1, -0.05) is 15.9 Å². The van der Waals surface area contributed by atoms with Crippen molar-refractivity contribution in [2.24, 2.45) is 0 Å². The average molecular weight is 282 g/mol. The van der Waals surface area contributed by atoms with Crippen LogP contribution in [0.1, 0.15) is 11.7 Å². The van der Waals surface area contributed by atoms with Gasteiger partial charge in [-0.3, -0.25) is 10.1 Å². The molecule has 0 aromatic heterocycles. The Hall–Kier alpha value is -1.08. The third-order valence-electron chi connectivity index (χ3n) is 1.77. The summed E-state index contributed by atoms with van der Waals surface area (Å²) >= 11 is 2.89. The molecule has 1 N–H and O–H groups in total. The lowest BCUT2D eigenvalue weighted by Gasteiger charge is -2.08. The number of hydrogen-bond donors (Lipinski definition) is 1. The number of hydrogen-bond acceptors (Lipinski definition) is 3. The molecule has 0 aliphatic heterocycles. The number of nitro benzene ring substituents is 1. The van der Waals surface area contributed by atoms with Gasteiger partial charge in [0.05, 0.1) is 22.7 Å². The molecule has 1 atom stereocenters. The number of nitro groups is 1. The smallest absolute Gasteiger partial charge is 0.278 e. The highest BCUT2D eigenvalue weighted by Crippen LogP contribution is 2.28. The lowest BCUT2D eigenvalue weighted by atomic mass is 10.1. The number of aliphatic hydroxyl groups excluding tert-OH is 1. The van der Waals surface area contributed by atoms with E-state index >= 15 is 0 Å². The van der Waals surface area contributed by atoms with E-state index in [9.17, 15) is 24.0 Å². The van der Waals surface area contributed by atoms with Gasteiger partial charge in [0.25, 0.3) is 5.69 Å². The topological polar surface area (TPSA) is 63.4 Å². The van der Waals surface area contributed by atoms with Crippen molar-refractivity contribution < 1.29 is 18.8 Å². The molecule has 0 aliphatic rings. The van der Waals surface area contributed by atoms with Gasteiger partial charge in [0.1, 0.15) is 0 Å². The fraction of sp³-hybridized carbons (Fsp3) is 0.250. The van der Waals surface area contributed by atoms with E-state index in [4.69, 9.17) is 0 Å². The molecule has 82 valence electrons. The van der Waals surface area contributed by atoms with Gasteiger partial charge in [-0.25, -0.2) is 8.78 Å². The van der Waals surface area contributed by atoms with E-state index in [1.807, 2.05) is 0 Å². The largest absolute Gasteiger partial charge is 0.387 e. The van der Waals surface area contributed by atoms with E-state index in [2.05, 4.69) is 15.9 Å². The van der Waals surface area contributed by atoms with Crippen molar-refractivity contribution in [3.05, 3.63) is 39.4 Å². The molecular formula is C8H6BrF2NO3. The van der Waals surface area contributed by atoms with E-state index in [-0.39, 0.29) is 10.9 Å². The summed E-state index contributed by atoms with van der Waals surface area (Å²) in [6.07, 6.45) is -1.25. The van der Waals surface area contributed by atoms with Gasteiger partial charge in [0.15, 0.2) is 11.6 Å². The molecule has 1 rings (SSSR count). The fourth-order valence-electron chi connectivity index (χ4n) is 1.06. The summed E-state index contributed by atoms with van der Waals surface area (Å²) in [5, 5.41) is 19.8. The Bertz CT molecular complexity index is 400. The lowest BCUT2D eigenvalue weighted by molar-refractivity contribution is -0.386. The number of benzene rings is 1. The standard InChI is InChI=1S/C8H6BrF2NO3/c9-3-8(13)4-1-5(10)6(11)2-7(4)12(14)15/h1-2,8,13H,3H2. The molecule has 0 radical (unpaired) electrons. The van der Waals surface area contributed by atoms with Crippen LogP contribution in [0.25, 0.3) is 0 Å². The molecule has 0 aliphatic carbocycles. The van der Waals surface area contributed by atoms with Crippen molar-refractivity contribution in [3.63, 3.8) is 0 Å². The highest BCUT2D eigenvalue weighted by atomic mass is 79.9. The summed E-state index contributed by atoms with van der Waals surface area (Å²) in [4.78, 5) is 9.62. The predicted molar refractivity (Wildman–Crippen MR) is 51.8 cm³/mol. The highest BCUT2D eigenvalue weighted by molar-refractivity contribution is 9.09. The van der Waals surface area contributed by atoms with Crippen LogP contribution in [0.3, 0.4) is 0 Å². The molecule has 0 saturated carbocycles. The molecule has 1 aromatic carbocycles. The van der Waals surface area contributed by atoms with Gasteiger partial charge < -0.3 is 5.11 Å². The molecule has 4 nitrogen and oxygen atoms in total. The number of rotatable bonds is 3. The Labute approximate surface area is 91.8 Å². The number of aliphatic hydroxyl groups is 1. The minimum atomic E-state index is -1.31. The van der Waals surface area contributed by atoms with Crippen LogP contribution < -0.4 is 0 Å². The zero-order valence-corrected chi connectivity index (χ0v) is 8.87. The molecule has 0 spiro atoms. The molecule has 0 amide bonds. The van der Waals surface area contributed by atoms with Gasteiger partial charge >= 0.3 is 0 Å². The van der Waals surface area contributed by atoms with E-state index < -0.39 is 28.3 Å². The molecule has 15 heavy (non-hydrogen) atoms. The molecular weight excluding hydrogens is 276 g/mol. The van der Waals surface area contributed by atoms with Crippen molar-refractivity contribution in [3.8, 4) is 0 Å². The Morgan fingerprint density at radius 2 is 2.00 bits per heavy atom. The van der Waals surface area contributed by atoms with Crippen LogP contribution >= 0.6 is 15.9 Å². The van der Waals surface area contributed by atoms with Crippen LogP contribution in [0.2, 0.25) is 0 Å². The van der Waals surface area contributed by atoms with Crippen molar-refractivity contribution >= 4 is 21.6 Å². The van der Waals surface area contributed by atoms with E-state index in [1.54, 1.807) is 0 Å². The number of halogens is 3. The minimum absolute atomic E-state index is 0.00108. The SMILES string of the molecule is O=[N+]([O-])c1cc(F)c(F)cc1C(O)CBr. The third kappa shape index (κ3) is 2.48. The number of nitrogens with zero attached hydrogens (tertiary/aromatic N) is 1. The zero-order valence-electron chi connectivity index (χ0n) is 7.28. The maximum Gasteiger partial charge on any atom is 0.278 e. The van der Waals surface area contributed by atoms with Crippen LogP contribution in [0.4, 0.5) is 14.5 Å². The fourth-order valence-corrected chi connectivity index (χ4v) is 1.41. The normalized spacial score (nSPS) is 12.5.